The summed E-state index contributed by atoms with van der Waals surface area (Å²) < 4.78 is 0. The Morgan fingerprint density at radius 2 is 2.12 bits per heavy atom. The summed E-state index contributed by atoms with van der Waals surface area (Å²) in [5, 5.41) is 3.63. The molecule has 0 fully saturated rings. The van der Waals surface area contributed by atoms with Crippen molar-refractivity contribution in [3.8, 4) is 0 Å². The van der Waals surface area contributed by atoms with Crippen LogP contribution in [0.25, 0.3) is 0 Å². The van der Waals surface area contributed by atoms with Crippen LogP contribution in [0.5, 0.6) is 0 Å². The molecular weight excluding hydrogens is 282 g/mol. The second kappa shape index (κ2) is 7.77. The number of carbonyl (C=O) groups excluding carboxylic acids is 1. The normalized spacial score (nSPS) is 11.5. The van der Waals surface area contributed by atoms with Crippen molar-refractivity contribution in [2.75, 3.05) is 13.1 Å². The van der Waals surface area contributed by atoms with Crippen LogP contribution in [-0.2, 0) is 0 Å². The first kappa shape index (κ1) is 16.5. The van der Waals surface area contributed by atoms with Crippen LogP contribution in [-0.4, -0.2) is 19.0 Å². The lowest BCUT2D eigenvalue weighted by molar-refractivity contribution is 0.0948. The highest BCUT2D eigenvalue weighted by atomic mass is 35.5. The summed E-state index contributed by atoms with van der Waals surface area (Å²) in [6, 6.07) is 4.78. The molecule has 0 spiro atoms. The molecule has 1 aromatic carbocycles. The van der Waals surface area contributed by atoms with Gasteiger partial charge >= 0.3 is 0 Å². The van der Waals surface area contributed by atoms with Gasteiger partial charge in [-0.05, 0) is 30.7 Å². The molecule has 6 heteroatoms. The maximum Gasteiger partial charge on any atom is 0.252 e. The lowest BCUT2D eigenvalue weighted by Crippen LogP contribution is -2.31. The molecule has 0 saturated heterocycles. The van der Waals surface area contributed by atoms with Gasteiger partial charge in [-0.1, -0.05) is 30.1 Å². The minimum absolute atomic E-state index is 0. The Bertz CT molecular complexity index is 385. The first-order valence-corrected chi connectivity index (χ1v) is 5.73. The molecule has 1 amide bonds. The van der Waals surface area contributed by atoms with Crippen molar-refractivity contribution in [2.24, 2.45) is 11.7 Å². The van der Waals surface area contributed by atoms with E-state index in [1.807, 2.05) is 6.92 Å². The molecule has 96 valence electrons. The predicted molar refractivity (Wildman–Crippen MR) is 74.3 cm³/mol. The van der Waals surface area contributed by atoms with E-state index in [-0.39, 0.29) is 24.2 Å². The van der Waals surface area contributed by atoms with Crippen LogP contribution < -0.4 is 11.1 Å². The van der Waals surface area contributed by atoms with Crippen LogP contribution in [0.15, 0.2) is 18.2 Å². The van der Waals surface area contributed by atoms with Crippen LogP contribution in [0.1, 0.15) is 17.3 Å². The molecule has 0 heterocycles. The van der Waals surface area contributed by atoms with Crippen LogP contribution in [0, 0.1) is 5.92 Å². The molecule has 0 radical (unpaired) electrons. The van der Waals surface area contributed by atoms with E-state index in [0.29, 0.717) is 28.7 Å². The minimum atomic E-state index is -0.207. The Morgan fingerprint density at radius 3 is 2.65 bits per heavy atom. The molecule has 0 bridgehead atoms. The van der Waals surface area contributed by atoms with E-state index in [0.717, 1.165) is 0 Å². The highest BCUT2D eigenvalue weighted by Crippen LogP contribution is 2.20. The topological polar surface area (TPSA) is 55.1 Å². The molecule has 1 atom stereocenters. The monoisotopic (exact) mass is 296 g/mol. The molecule has 1 aromatic rings. The molecule has 0 saturated carbocycles. The van der Waals surface area contributed by atoms with E-state index in [2.05, 4.69) is 5.32 Å². The highest BCUT2D eigenvalue weighted by molar-refractivity contribution is 6.36. The van der Waals surface area contributed by atoms with Gasteiger partial charge in [0.1, 0.15) is 0 Å². The summed E-state index contributed by atoms with van der Waals surface area (Å²) in [6.45, 7) is 3.03. The largest absolute Gasteiger partial charge is 0.352 e. The zero-order chi connectivity index (χ0) is 12.1. The van der Waals surface area contributed by atoms with Gasteiger partial charge in [0, 0.05) is 11.6 Å². The van der Waals surface area contributed by atoms with Gasteiger partial charge < -0.3 is 11.1 Å². The number of nitrogens with two attached hydrogens (primary N) is 1. The summed E-state index contributed by atoms with van der Waals surface area (Å²) in [5.41, 5.74) is 5.88. The van der Waals surface area contributed by atoms with E-state index in [9.17, 15) is 4.79 Å². The second-order valence-electron chi connectivity index (χ2n) is 3.68. The third kappa shape index (κ3) is 5.13. The quantitative estimate of drug-likeness (QED) is 0.898. The van der Waals surface area contributed by atoms with Crippen molar-refractivity contribution in [3.63, 3.8) is 0 Å². The fourth-order valence-corrected chi connectivity index (χ4v) is 1.61. The summed E-state index contributed by atoms with van der Waals surface area (Å²) in [7, 11) is 0. The first-order chi connectivity index (χ1) is 7.54. The molecule has 3 N–H and O–H groups in total. The number of carbonyl (C=O) groups is 1. The lowest BCUT2D eigenvalue weighted by atomic mass is 10.1. The van der Waals surface area contributed by atoms with Crippen molar-refractivity contribution in [1.82, 2.24) is 5.32 Å². The Morgan fingerprint density at radius 1 is 1.47 bits per heavy atom. The third-order valence-corrected chi connectivity index (χ3v) is 2.74. The number of halogens is 3. The molecule has 0 aliphatic heterocycles. The number of hydrogen-bond acceptors (Lipinski definition) is 2. The fourth-order valence-electron chi connectivity index (χ4n) is 1.12. The molecule has 0 aliphatic carbocycles. The van der Waals surface area contributed by atoms with Crippen molar-refractivity contribution >= 4 is 41.5 Å². The standard InChI is InChI=1S/C11H14Cl2N2O.ClH/c1-7(5-14)6-15-11(16)9-3-2-8(12)4-10(9)13;/h2-4,7H,5-6,14H2,1H3,(H,15,16);1H. The van der Waals surface area contributed by atoms with Crippen molar-refractivity contribution in [3.05, 3.63) is 33.8 Å². The van der Waals surface area contributed by atoms with Gasteiger partial charge in [-0.2, -0.15) is 0 Å². The average molecular weight is 298 g/mol. The van der Waals surface area contributed by atoms with E-state index in [1.165, 1.54) is 0 Å². The number of nitrogens with one attached hydrogen (secondary N) is 1. The Hall–Kier alpha value is -0.480. The Labute approximate surface area is 117 Å². The summed E-state index contributed by atoms with van der Waals surface area (Å²) in [6.07, 6.45) is 0. The first-order valence-electron chi connectivity index (χ1n) is 4.98. The molecule has 0 aromatic heterocycles. The van der Waals surface area contributed by atoms with Gasteiger partial charge in [-0.3, -0.25) is 4.79 Å². The molecule has 1 rings (SSSR count). The zero-order valence-corrected chi connectivity index (χ0v) is 11.7. The van der Waals surface area contributed by atoms with E-state index in [4.69, 9.17) is 28.9 Å². The second-order valence-corrected chi connectivity index (χ2v) is 4.52. The van der Waals surface area contributed by atoms with Crippen molar-refractivity contribution in [1.29, 1.82) is 0 Å². The van der Waals surface area contributed by atoms with Crippen LogP contribution >= 0.6 is 35.6 Å². The zero-order valence-electron chi connectivity index (χ0n) is 9.37. The van der Waals surface area contributed by atoms with Crippen LogP contribution in [0.4, 0.5) is 0 Å². The highest BCUT2D eigenvalue weighted by Gasteiger charge is 2.11. The Kier molecular flexibility index (Phi) is 7.55. The van der Waals surface area contributed by atoms with Gasteiger partial charge in [-0.25, -0.2) is 0 Å². The summed E-state index contributed by atoms with van der Waals surface area (Å²) in [5.74, 6) is 0.0389. The minimum Gasteiger partial charge on any atom is -0.352 e. The van der Waals surface area contributed by atoms with E-state index >= 15 is 0 Å². The number of rotatable bonds is 4. The maximum absolute atomic E-state index is 11.7. The van der Waals surface area contributed by atoms with Gasteiger partial charge in [0.25, 0.3) is 5.91 Å². The van der Waals surface area contributed by atoms with Crippen molar-refractivity contribution < 1.29 is 4.79 Å². The van der Waals surface area contributed by atoms with Gasteiger partial charge in [-0.15, -0.1) is 12.4 Å². The molecular formula is C11H15Cl3N2O. The smallest absolute Gasteiger partial charge is 0.252 e. The summed E-state index contributed by atoms with van der Waals surface area (Å²) in [4.78, 5) is 11.7. The molecule has 1 unspecified atom stereocenters. The van der Waals surface area contributed by atoms with Gasteiger partial charge in [0.05, 0.1) is 10.6 Å². The Balaban J connectivity index is 0.00000256. The van der Waals surface area contributed by atoms with Crippen LogP contribution in [0.2, 0.25) is 10.0 Å². The van der Waals surface area contributed by atoms with Crippen molar-refractivity contribution in [2.45, 2.75) is 6.92 Å². The fraction of sp³-hybridized carbons (Fsp3) is 0.364. The van der Waals surface area contributed by atoms with E-state index < -0.39 is 0 Å². The lowest BCUT2D eigenvalue weighted by Gasteiger charge is -2.10. The van der Waals surface area contributed by atoms with E-state index in [1.54, 1.807) is 18.2 Å². The molecule has 17 heavy (non-hydrogen) atoms. The van der Waals surface area contributed by atoms with Crippen LogP contribution in [0.3, 0.4) is 0 Å². The molecule has 0 aliphatic rings. The average Bonchev–Trinajstić information content (AvgIpc) is 2.25. The number of hydrogen-bond donors (Lipinski definition) is 2. The number of benzene rings is 1. The molecule has 3 nitrogen and oxygen atoms in total. The summed E-state index contributed by atoms with van der Waals surface area (Å²) >= 11 is 11.6. The number of amides is 1. The maximum atomic E-state index is 11.7. The van der Waals surface area contributed by atoms with Gasteiger partial charge in [0.2, 0.25) is 0 Å². The SMILES string of the molecule is CC(CN)CNC(=O)c1ccc(Cl)cc1Cl.Cl. The predicted octanol–water partition coefficient (Wildman–Crippen LogP) is 2.74. The third-order valence-electron chi connectivity index (χ3n) is 2.19. The van der Waals surface area contributed by atoms with Gasteiger partial charge in [0.15, 0.2) is 0 Å².